The van der Waals surface area contributed by atoms with Crippen molar-refractivity contribution >= 4 is 12.0 Å². The van der Waals surface area contributed by atoms with Crippen molar-refractivity contribution in [1.82, 2.24) is 10.6 Å². The number of carbonyl (C=O) groups excluding carboxylic acids is 2. The van der Waals surface area contributed by atoms with E-state index in [1.54, 1.807) is 20.8 Å². The number of urea groups is 1. The fourth-order valence-corrected chi connectivity index (χ4v) is 3.06. The van der Waals surface area contributed by atoms with Gasteiger partial charge < -0.3 is 20.1 Å². The van der Waals surface area contributed by atoms with Crippen LogP contribution in [0.1, 0.15) is 37.9 Å². The smallest absolute Gasteiger partial charge is 0.338 e. The number of hydrogen-bond acceptors (Lipinski definition) is 4. The summed E-state index contributed by atoms with van der Waals surface area (Å²) in [6, 6.07) is 16.1. The van der Waals surface area contributed by atoms with Gasteiger partial charge in [0.1, 0.15) is 12.4 Å². The van der Waals surface area contributed by atoms with E-state index in [0.717, 1.165) is 5.56 Å². The van der Waals surface area contributed by atoms with E-state index in [9.17, 15) is 9.59 Å². The quantitative estimate of drug-likeness (QED) is 0.747. The summed E-state index contributed by atoms with van der Waals surface area (Å²) in [7, 11) is 0. The molecule has 0 radical (unpaired) electrons. The standard InChI is InChI=1S/C22H24N2O4/c1-14(2)28-21(25)19-15(3)23-22(26)24-20(19)17-11-7-8-12-18(17)27-13-16-9-5-4-6-10-16/h4-12,14,20H,13H2,1-3H3,(H2,23,24,26)/t20-/m0/s1. The normalized spacial score (nSPS) is 16.4. The molecule has 0 saturated heterocycles. The summed E-state index contributed by atoms with van der Waals surface area (Å²) >= 11 is 0. The highest BCUT2D eigenvalue weighted by molar-refractivity contribution is 5.95. The van der Waals surface area contributed by atoms with E-state index in [-0.39, 0.29) is 12.1 Å². The van der Waals surface area contributed by atoms with Crippen LogP contribution in [0, 0.1) is 0 Å². The van der Waals surface area contributed by atoms with Gasteiger partial charge in [-0.2, -0.15) is 0 Å². The molecule has 3 rings (SSSR count). The SMILES string of the molecule is CC1=C(C(=O)OC(C)C)[C@H](c2ccccc2OCc2ccccc2)NC(=O)N1. The van der Waals surface area contributed by atoms with E-state index in [2.05, 4.69) is 10.6 Å². The molecule has 0 fully saturated rings. The lowest BCUT2D eigenvalue weighted by Gasteiger charge is -2.29. The summed E-state index contributed by atoms with van der Waals surface area (Å²) in [5.74, 6) is 0.129. The minimum atomic E-state index is -0.660. The fraction of sp³-hybridized carbons (Fsp3) is 0.273. The number of benzene rings is 2. The molecule has 0 saturated carbocycles. The molecule has 2 N–H and O–H groups in total. The van der Waals surface area contributed by atoms with Crippen LogP contribution in [-0.2, 0) is 16.1 Å². The Balaban J connectivity index is 1.92. The molecule has 2 amide bonds. The van der Waals surface area contributed by atoms with Crippen LogP contribution in [0.25, 0.3) is 0 Å². The Hall–Kier alpha value is -3.28. The Morgan fingerprint density at radius 1 is 1.07 bits per heavy atom. The first-order chi connectivity index (χ1) is 13.5. The molecule has 6 heteroatoms. The molecule has 0 unspecified atom stereocenters. The van der Waals surface area contributed by atoms with Gasteiger partial charge in [0.2, 0.25) is 0 Å². The first-order valence-corrected chi connectivity index (χ1v) is 9.20. The van der Waals surface area contributed by atoms with E-state index < -0.39 is 12.0 Å². The zero-order valence-electron chi connectivity index (χ0n) is 16.2. The number of nitrogens with one attached hydrogen (secondary N) is 2. The van der Waals surface area contributed by atoms with Gasteiger partial charge in [-0.05, 0) is 32.4 Å². The van der Waals surface area contributed by atoms with Gasteiger partial charge in [0.25, 0.3) is 0 Å². The summed E-state index contributed by atoms with van der Waals surface area (Å²) in [5, 5.41) is 5.47. The maximum Gasteiger partial charge on any atom is 0.338 e. The minimum Gasteiger partial charge on any atom is -0.489 e. The summed E-state index contributed by atoms with van der Waals surface area (Å²) in [6.07, 6.45) is -0.268. The van der Waals surface area contributed by atoms with E-state index in [0.29, 0.717) is 29.2 Å². The minimum absolute atomic E-state index is 0.268. The summed E-state index contributed by atoms with van der Waals surface area (Å²) in [4.78, 5) is 24.8. The second kappa shape index (κ2) is 8.61. The number of allylic oxidation sites excluding steroid dienone is 1. The number of hydrogen-bond donors (Lipinski definition) is 2. The molecule has 2 aromatic carbocycles. The Bertz CT molecular complexity index is 890. The second-order valence-electron chi connectivity index (χ2n) is 6.84. The van der Waals surface area contributed by atoms with E-state index in [4.69, 9.17) is 9.47 Å². The number of esters is 1. The zero-order chi connectivity index (χ0) is 20.1. The van der Waals surface area contributed by atoms with Crippen molar-refractivity contribution in [3.63, 3.8) is 0 Å². The number of para-hydroxylation sites is 1. The number of carbonyl (C=O) groups is 2. The average molecular weight is 380 g/mol. The van der Waals surface area contributed by atoms with E-state index >= 15 is 0 Å². The van der Waals surface area contributed by atoms with E-state index in [1.165, 1.54) is 0 Å². The van der Waals surface area contributed by atoms with Crippen LogP contribution in [0.15, 0.2) is 65.9 Å². The molecule has 28 heavy (non-hydrogen) atoms. The summed E-state index contributed by atoms with van der Waals surface area (Å²) < 4.78 is 11.4. The van der Waals surface area contributed by atoms with Crippen LogP contribution < -0.4 is 15.4 Å². The third-order valence-corrected chi connectivity index (χ3v) is 4.30. The van der Waals surface area contributed by atoms with Crippen molar-refractivity contribution in [2.75, 3.05) is 0 Å². The van der Waals surface area contributed by atoms with Crippen LogP contribution in [0.5, 0.6) is 5.75 Å². The van der Waals surface area contributed by atoms with Crippen molar-refractivity contribution in [1.29, 1.82) is 0 Å². The molecule has 1 heterocycles. The van der Waals surface area contributed by atoms with Gasteiger partial charge in [-0.1, -0.05) is 48.5 Å². The molecular formula is C22H24N2O4. The molecular weight excluding hydrogens is 356 g/mol. The van der Waals surface area contributed by atoms with Crippen LogP contribution in [0.4, 0.5) is 4.79 Å². The third-order valence-electron chi connectivity index (χ3n) is 4.30. The molecule has 6 nitrogen and oxygen atoms in total. The van der Waals surface area contributed by atoms with Gasteiger partial charge in [-0.3, -0.25) is 0 Å². The predicted molar refractivity (Wildman–Crippen MR) is 106 cm³/mol. The molecule has 1 aliphatic heterocycles. The zero-order valence-corrected chi connectivity index (χ0v) is 16.2. The summed E-state index contributed by atoms with van der Waals surface area (Å²) in [6.45, 7) is 5.64. The fourth-order valence-electron chi connectivity index (χ4n) is 3.06. The van der Waals surface area contributed by atoms with Crippen LogP contribution in [0.3, 0.4) is 0 Å². The highest BCUT2D eigenvalue weighted by Crippen LogP contribution is 2.34. The Kier molecular flexibility index (Phi) is 5.99. The third kappa shape index (κ3) is 4.52. The van der Waals surface area contributed by atoms with Gasteiger partial charge in [-0.15, -0.1) is 0 Å². The molecule has 1 aliphatic rings. The molecule has 146 valence electrons. The molecule has 2 aromatic rings. The van der Waals surface area contributed by atoms with Gasteiger partial charge in [0.05, 0.1) is 17.7 Å². The highest BCUT2D eigenvalue weighted by atomic mass is 16.5. The van der Waals surface area contributed by atoms with Gasteiger partial charge in [-0.25, -0.2) is 9.59 Å². The molecule has 0 bridgehead atoms. The van der Waals surface area contributed by atoms with Crippen molar-refractivity contribution in [3.05, 3.63) is 77.0 Å². The Morgan fingerprint density at radius 2 is 1.75 bits per heavy atom. The van der Waals surface area contributed by atoms with Crippen molar-refractivity contribution in [2.24, 2.45) is 0 Å². The number of amides is 2. The van der Waals surface area contributed by atoms with E-state index in [1.807, 2.05) is 54.6 Å². The topological polar surface area (TPSA) is 76.7 Å². The lowest BCUT2D eigenvalue weighted by atomic mass is 9.94. The Morgan fingerprint density at radius 3 is 2.46 bits per heavy atom. The lowest BCUT2D eigenvalue weighted by Crippen LogP contribution is -2.45. The Labute approximate surface area is 164 Å². The number of ether oxygens (including phenoxy) is 2. The number of rotatable bonds is 6. The maximum atomic E-state index is 12.7. The van der Waals surface area contributed by atoms with Crippen molar-refractivity contribution < 1.29 is 19.1 Å². The predicted octanol–water partition coefficient (Wildman–Crippen LogP) is 3.85. The average Bonchev–Trinajstić information content (AvgIpc) is 2.66. The highest BCUT2D eigenvalue weighted by Gasteiger charge is 2.34. The van der Waals surface area contributed by atoms with Gasteiger partial charge in [0.15, 0.2) is 0 Å². The van der Waals surface area contributed by atoms with Gasteiger partial charge in [0, 0.05) is 11.3 Å². The van der Waals surface area contributed by atoms with Crippen molar-refractivity contribution in [2.45, 2.75) is 39.5 Å². The summed E-state index contributed by atoms with van der Waals surface area (Å²) in [5.41, 5.74) is 2.56. The van der Waals surface area contributed by atoms with Crippen LogP contribution in [-0.4, -0.2) is 18.1 Å². The largest absolute Gasteiger partial charge is 0.489 e. The molecule has 1 atom stereocenters. The maximum absolute atomic E-state index is 12.7. The second-order valence-corrected chi connectivity index (χ2v) is 6.84. The molecule has 0 aromatic heterocycles. The van der Waals surface area contributed by atoms with Crippen LogP contribution >= 0.6 is 0 Å². The molecule has 0 spiro atoms. The van der Waals surface area contributed by atoms with Crippen LogP contribution in [0.2, 0.25) is 0 Å². The first-order valence-electron chi connectivity index (χ1n) is 9.20. The monoisotopic (exact) mass is 380 g/mol. The first kappa shape index (κ1) is 19.5. The van der Waals surface area contributed by atoms with Gasteiger partial charge >= 0.3 is 12.0 Å². The van der Waals surface area contributed by atoms with Crippen molar-refractivity contribution in [3.8, 4) is 5.75 Å². The molecule has 0 aliphatic carbocycles. The lowest BCUT2D eigenvalue weighted by molar-refractivity contribution is -0.143.